The Morgan fingerprint density at radius 1 is 1.24 bits per heavy atom. The van der Waals surface area contributed by atoms with Crippen LogP contribution in [-0.2, 0) is 11.3 Å². The van der Waals surface area contributed by atoms with Crippen molar-refractivity contribution in [1.82, 2.24) is 4.98 Å². The van der Waals surface area contributed by atoms with E-state index in [0.29, 0.717) is 23.5 Å². The number of aromatic nitrogens is 1. The molecule has 0 radical (unpaired) electrons. The van der Waals surface area contributed by atoms with Crippen molar-refractivity contribution in [2.24, 2.45) is 0 Å². The van der Waals surface area contributed by atoms with Crippen molar-refractivity contribution >= 4 is 33.3 Å². The number of hydrogen-bond acceptors (Lipinski definition) is 4. The Labute approximate surface area is 129 Å². The molecular formula is C15H11BrN2O3. The zero-order valence-electron chi connectivity index (χ0n) is 11.2. The third-order valence-electron chi connectivity index (χ3n) is 3.28. The van der Waals surface area contributed by atoms with Gasteiger partial charge in [0.25, 0.3) is 11.7 Å². The molecule has 0 spiro atoms. The van der Waals surface area contributed by atoms with E-state index < -0.39 is 11.7 Å². The summed E-state index contributed by atoms with van der Waals surface area (Å²) in [4.78, 5) is 29.7. The molecule has 2 aromatic rings. The molecule has 0 N–H and O–H groups in total. The number of carbonyl (C=O) groups excluding carboxylic acids is 2. The second kappa shape index (κ2) is 5.29. The van der Waals surface area contributed by atoms with Gasteiger partial charge in [0.2, 0.25) is 0 Å². The number of rotatable bonds is 3. The molecule has 1 aromatic carbocycles. The van der Waals surface area contributed by atoms with Gasteiger partial charge in [0, 0.05) is 16.9 Å². The number of carbonyl (C=O) groups is 2. The third-order valence-corrected chi connectivity index (χ3v) is 3.71. The molecule has 21 heavy (non-hydrogen) atoms. The van der Waals surface area contributed by atoms with Crippen LogP contribution >= 0.6 is 15.9 Å². The molecule has 106 valence electrons. The van der Waals surface area contributed by atoms with Crippen molar-refractivity contribution in [3.63, 3.8) is 0 Å². The smallest absolute Gasteiger partial charge is 0.299 e. The highest BCUT2D eigenvalue weighted by molar-refractivity contribution is 9.10. The summed E-state index contributed by atoms with van der Waals surface area (Å²) in [6, 6.07) is 6.92. The first-order chi connectivity index (χ1) is 10.1. The summed E-state index contributed by atoms with van der Waals surface area (Å²) in [5, 5.41) is 0. The Kier molecular flexibility index (Phi) is 3.47. The summed E-state index contributed by atoms with van der Waals surface area (Å²) in [5.41, 5.74) is 1.82. The van der Waals surface area contributed by atoms with Crippen molar-refractivity contribution < 1.29 is 14.3 Å². The average molecular weight is 347 g/mol. The molecule has 1 aliphatic heterocycles. The molecule has 0 fully saturated rings. The van der Waals surface area contributed by atoms with Gasteiger partial charge >= 0.3 is 0 Å². The molecule has 1 aromatic heterocycles. The fourth-order valence-electron chi connectivity index (χ4n) is 2.29. The summed E-state index contributed by atoms with van der Waals surface area (Å²) in [7, 11) is 1.52. The number of pyridine rings is 1. The Morgan fingerprint density at radius 3 is 2.76 bits per heavy atom. The second-order valence-electron chi connectivity index (χ2n) is 4.61. The standard InChI is InChI=1S/C15H11BrN2O3/c1-21-11-2-3-13-12(5-11)14(19)15(20)18(13)8-9-4-10(16)7-17-6-9/h2-7H,8H2,1H3. The number of ketones is 1. The van der Waals surface area contributed by atoms with Gasteiger partial charge in [0.05, 0.1) is 24.9 Å². The van der Waals surface area contributed by atoms with Crippen LogP contribution in [0.5, 0.6) is 5.75 Å². The van der Waals surface area contributed by atoms with Crippen molar-refractivity contribution in [1.29, 1.82) is 0 Å². The number of Topliss-reactive ketones (excluding diaryl/α,β-unsaturated/α-hetero) is 1. The van der Waals surface area contributed by atoms with Crippen molar-refractivity contribution in [2.75, 3.05) is 12.0 Å². The lowest BCUT2D eigenvalue weighted by molar-refractivity contribution is -0.114. The summed E-state index contributed by atoms with van der Waals surface area (Å²) in [5.74, 6) is -0.481. The molecule has 0 aliphatic carbocycles. The van der Waals surface area contributed by atoms with Crippen LogP contribution in [0.2, 0.25) is 0 Å². The van der Waals surface area contributed by atoms with Crippen LogP contribution in [0.1, 0.15) is 15.9 Å². The van der Waals surface area contributed by atoms with E-state index in [2.05, 4.69) is 20.9 Å². The predicted molar refractivity (Wildman–Crippen MR) is 80.5 cm³/mol. The maximum Gasteiger partial charge on any atom is 0.299 e. The van der Waals surface area contributed by atoms with E-state index in [9.17, 15) is 9.59 Å². The van der Waals surface area contributed by atoms with Gasteiger partial charge in [0.15, 0.2) is 0 Å². The molecule has 3 rings (SSSR count). The number of anilines is 1. The van der Waals surface area contributed by atoms with E-state index in [1.54, 1.807) is 30.6 Å². The van der Waals surface area contributed by atoms with Gasteiger partial charge in [0.1, 0.15) is 5.75 Å². The molecule has 0 saturated heterocycles. The number of halogens is 1. The van der Waals surface area contributed by atoms with E-state index in [-0.39, 0.29) is 0 Å². The molecule has 2 heterocycles. The Hall–Kier alpha value is -2.21. The number of benzene rings is 1. The molecule has 0 saturated carbocycles. The number of fused-ring (bicyclic) bond motifs is 1. The highest BCUT2D eigenvalue weighted by Crippen LogP contribution is 2.33. The maximum absolute atomic E-state index is 12.2. The van der Waals surface area contributed by atoms with Gasteiger partial charge < -0.3 is 9.64 Å². The Bertz CT molecular complexity index is 745. The van der Waals surface area contributed by atoms with E-state index in [4.69, 9.17) is 4.74 Å². The Morgan fingerprint density at radius 2 is 2.05 bits per heavy atom. The minimum absolute atomic E-state index is 0.302. The van der Waals surface area contributed by atoms with Crippen LogP contribution in [0, 0.1) is 0 Å². The van der Waals surface area contributed by atoms with Crippen molar-refractivity contribution in [3.05, 3.63) is 52.3 Å². The topological polar surface area (TPSA) is 59.5 Å². The van der Waals surface area contributed by atoms with Crippen molar-refractivity contribution in [2.45, 2.75) is 6.54 Å². The number of nitrogens with zero attached hydrogens (tertiary/aromatic N) is 2. The molecule has 0 atom stereocenters. The minimum Gasteiger partial charge on any atom is -0.497 e. The van der Waals surface area contributed by atoms with E-state index in [0.717, 1.165) is 10.0 Å². The maximum atomic E-state index is 12.2. The second-order valence-corrected chi connectivity index (χ2v) is 5.53. The van der Waals surface area contributed by atoms with Gasteiger partial charge in [-0.15, -0.1) is 0 Å². The minimum atomic E-state index is -0.529. The molecular weight excluding hydrogens is 336 g/mol. The SMILES string of the molecule is COc1ccc2c(c1)C(=O)C(=O)N2Cc1cncc(Br)c1. The van der Waals surface area contributed by atoms with Gasteiger partial charge in [-0.3, -0.25) is 14.6 Å². The fourth-order valence-corrected chi connectivity index (χ4v) is 2.70. The van der Waals surface area contributed by atoms with E-state index in [1.165, 1.54) is 12.0 Å². The summed E-state index contributed by atoms with van der Waals surface area (Å²) in [6.45, 7) is 0.302. The van der Waals surface area contributed by atoms with Crippen LogP contribution in [0.25, 0.3) is 0 Å². The number of methoxy groups -OCH3 is 1. The zero-order valence-corrected chi connectivity index (χ0v) is 12.8. The number of amides is 1. The lowest BCUT2D eigenvalue weighted by atomic mass is 10.1. The quantitative estimate of drug-likeness (QED) is 0.801. The van der Waals surface area contributed by atoms with Crippen molar-refractivity contribution in [3.8, 4) is 5.75 Å². The Balaban J connectivity index is 1.98. The normalized spacial score (nSPS) is 13.5. The van der Waals surface area contributed by atoms with Gasteiger partial charge in [-0.05, 0) is 45.8 Å². The van der Waals surface area contributed by atoms with Crippen LogP contribution in [0.4, 0.5) is 5.69 Å². The molecule has 1 amide bonds. The first-order valence-electron chi connectivity index (χ1n) is 6.24. The summed E-state index contributed by atoms with van der Waals surface area (Å²) in [6.07, 6.45) is 3.34. The van der Waals surface area contributed by atoms with Crippen LogP contribution in [0.3, 0.4) is 0 Å². The first-order valence-corrected chi connectivity index (χ1v) is 7.03. The number of ether oxygens (including phenoxy) is 1. The van der Waals surface area contributed by atoms with Gasteiger partial charge in [-0.2, -0.15) is 0 Å². The highest BCUT2D eigenvalue weighted by Gasteiger charge is 2.36. The first kappa shape index (κ1) is 13.8. The average Bonchev–Trinajstić information content (AvgIpc) is 2.72. The fraction of sp³-hybridized carbons (Fsp3) is 0.133. The summed E-state index contributed by atoms with van der Waals surface area (Å²) < 4.78 is 5.92. The van der Waals surface area contributed by atoms with Crippen LogP contribution in [0.15, 0.2) is 41.1 Å². The third kappa shape index (κ3) is 2.42. The van der Waals surface area contributed by atoms with Crippen LogP contribution in [-0.4, -0.2) is 23.8 Å². The molecule has 5 nitrogen and oxygen atoms in total. The lowest BCUT2D eigenvalue weighted by Gasteiger charge is -2.16. The molecule has 1 aliphatic rings. The highest BCUT2D eigenvalue weighted by atomic mass is 79.9. The zero-order chi connectivity index (χ0) is 15.0. The predicted octanol–water partition coefficient (Wildman–Crippen LogP) is 2.58. The van der Waals surface area contributed by atoms with E-state index >= 15 is 0 Å². The van der Waals surface area contributed by atoms with Gasteiger partial charge in [-0.1, -0.05) is 0 Å². The molecule has 0 unspecified atom stereocenters. The van der Waals surface area contributed by atoms with Gasteiger partial charge in [-0.25, -0.2) is 0 Å². The van der Waals surface area contributed by atoms with E-state index in [1.807, 2.05) is 6.07 Å². The number of hydrogen-bond donors (Lipinski definition) is 0. The molecule has 0 bridgehead atoms. The molecule has 6 heteroatoms. The summed E-state index contributed by atoms with van der Waals surface area (Å²) >= 11 is 3.34. The van der Waals surface area contributed by atoms with Crippen LogP contribution < -0.4 is 9.64 Å². The largest absolute Gasteiger partial charge is 0.497 e. The monoisotopic (exact) mass is 346 g/mol. The lowest BCUT2D eigenvalue weighted by Crippen LogP contribution is -2.29.